The highest BCUT2D eigenvalue weighted by Gasteiger charge is 2.48. The minimum absolute atomic E-state index is 0. The summed E-state index contributed by atoms with van der Waals surface area (Å²) in [7, 11) is 0. The zero-order chi connectivity index (χ0) is 10.8. The molecule has 0 aromatic carbocycles. The molecule has 2 nitrogen and oxygen atoms in total. The van der Waals surface area contributed by atoms with Crippen molar-refractivity contribution in [1.82, 2.24) is 10.6 Å². The molecule has 1 rings (SSSR count). The number of nitrogens with one attached hydrogen (secondary N) is 2. The molecule has 0 saturated carbocycles. The highest BCUT2D eigenvalue weighted by molar-refractivity contribution is 5.85. The average Bonchev–Trinajstić information content (AvgIpc) is 2.03. The molecule has 1 aliphatic rings. The van der Waals surface area contributed by atoms with Crippen LogP contribution in [-0.4, -0.2) is 31.9 Å². The normalized spacial score (nSPS) is 23.4. The number of rotatable bonds is 2. The van der Waals surface area contributed by atoms with Crippen molar-refractivity contribution < 1.29 is 13.2 Å². The maximum atomic E-state index is 12.5. The van der Waals surface area contributed by atoms with Gasteiger partial charge in [-0.25, -0.2) is 0 Å². The maximum absolute atomic E-state index is 12.5. The third-order valence-corrected chi connectivity index (χ3v) is 2.65. The van der Waals surface area contributed by atoms with Crippen molar-refractivity contribution in [3.8, 4) is 0 Å². The predicted octanol–water partition coefficient (Wildman–Crippen LogP) is 1.95. The lowest BCUT2D eigenvalue weighted by Gasteiger charge is -2.34. The van der Waals surface area contributed by atoms with Gasteiger partial charge in [-0.2, -0.15) is 13.2 Å². The summed E-state index contributed by atoms with van der Waals surface area (Å²) in [6, 6.07) is -0.0691. The lowest BCUT2D eigenvalue weighted by molar-refractivity contribution is -0.215. The van der Waals surface area contributed by atoms with Gasteiger partial charge in [-0.1, -0.05) is 13.8 Å². The molecule has 1 atom stereocenters. The second-order valence-corrected chi connectivity index (χ2v) is 4.44. The van der Waals surface area contributed by atoms with E-state index in [0.717, 1.165) is 13.1 Å². The first-order valence-electron chi connectivity index (χ1n) is 4.84. The Morgan fingerprint density at radius 1 is 1.20 bits per heavy atom. The number of hydrogen-bond donors (Lipinski definition) is 2. The molecule has 1 fully saturated rings. The molecule has 6 heteroatoms. The Kier molecular flexibility index (Phi) is 5.37. The third-order valence-electron chi connectivity index (χ3n) is 2.65. The number of alkyl halides is 3. The van der Waals surface area contributed by atoms with Gasteiger partial charge in [0.05, 0.1) is 5.41 Å². The first-order valence-corrected chi connectivity index (χ1v) is 4.84. The molecule has 15 heavy (non-hydrogen) atoms. The molecule has 0 aromatic heterocycles. The summed E-state index contributed by atoms with van der Waals surface area (Å²) in [6.07, 6.45) is -3.99. The van der Waals surface area contributed by atoms with Gasteiger partial charge in [0, 0.05) is 25.7 Å². The van der Waals surface area contributed by atoms with Gasteiger partial charge in [-0.05, 0) is 6.42 Å². The molecule has 1 saturated heterocycles. The molecule has 2 N–H and O–H groups in total. The summed E-state index contributed by atoms with van der Waals surface area (Å²) >= 11 is 0. The molecule has 0 aliphatic carbocycles. The van der Waals surface area contributed by atoms with E-state index in [1.54, 1.807) is 0 Å². The largest absolute Gasteiger partial charge is 0.394 e. The van der Waals surface area contributed by atoms with Crippen LogP contribution in [-0.2, 0) is 0 Å². The quantitative estimate of drug-likeness (QED) is 0.778. The van der Waals surface area contributed by atoms with Crippen LogP contribution in [0, 0.1) is 5.41 Å². The number of halogens is 4. The summed E-state index contributed by atoms with van der Waals surface area (Å²) in [5, 5.41) is 6.16. The Bertz CT molecular complexity index is 188. The standard InChI is InChI=1S/C9H17F3N2.ClH/c1-8(2,9(10,11)12)5-7-6-13-3-4-14-7;/h7,13-14H,3-6H2,1-2H3;1H. The van der Waals surface area contributed by atoms with E-state index in [4.69, 9.17) is 0 Å². The number of hydrogen-bond acceptors (Lipinski definition) is 2. The maximum Gasteiger partial charge on any atom is 0.394 e. The summed E-state index contributed by atoms with van der Waals surface area (Å²) in [5.41, 5.74) is -1.61. The molecule has 0 radical (unpaired) electrons. The van der Waals surface area contributed by atoms with Gasteiger partial charge in [0.2, 0.25) is 0 Å². The van der Waals surface area contributed by atoms with E-state index >= 15 is 0 Å². The van der Waals surface area contributed by atoms with E-state index in [2.05, 4.69) is 10.6 Å². The van der Waals surface area contributed by atoms with E-state index in [-0.39, 0.29) is 24.9 Å². The van der Waals surface area contributed by atoms with Crippen molar-refractivity contribution in [1.29, 1.82) is 0 Å². The molecule has 1 heterocycles. The van der Waals surface area contributed by atoms with Crippen molar-refractivity contribution in [3.63, 3.8) is 0 Å². The van der Waals surface area contributed by atoms with Crippen molar-refractivity contribution in [2.75, 3.05) is 19.6 Å². The molecule has 1 unspecified atom stereocenters. The van der Waals surface area contributed by atoms with Crippen LogP contribution in [0.25, 0.3) is 0 Å². The fourth-order valence-electron chi connectivity index (χ4n) is 1.59. The Hall–Kier alpha value is -0.0000000000000000555. The molecule has 92 valence electrons. The second kappa shape index (κ2) is 5.37. The minimum atomic E-state index is -4.12. The Labute approximate surface area is 94.4 Å². The Balaban J connectivity index is 0.00000196. The van der Waals surface area contributed by atoms with Crippen LogP contribution in [0.4, 0.5) is 13.2 Å². The van der Waals surface area contributed by atoms with Crippen LogP contribution in [0.15, 0.2) is 0 Å². The molecule has 1 aliphatic heterocycles. The molecule has 0 aromatic rings. The van der Waals surface area contributed by atoms with Crippen LogP contribution in [0.1, 0.15) is 20.3 Å². The SMILES string of the molecule is CC(C)(CC1CNCCN1)C(F)(F)F.Cl. The number of piperazine rings is 1. The topological polar surface area (TPSA) is 24.1 Å². The molecule has 0 amide bonds. The first kappa shape index (κ1) is 15.0. The van der Waals surface area contributed by atoms with Crippen LogP contribution < -0.4 is 10.6 Å². The summed E-state index contributed by atoms with van der Waals surface area (Å²) < 4.78 is 37.6. The molecular formula is C9H18ClF3N2. The monoisotopic (exact) mass is 246 g/mol. The fourth-order valence-corrected chi connectivity index (χ4v) is 1.59. The minimum Gasteiger partial charge on any atom is -0.314 e. The zero-order valence-corrected chi connectivity index (χ0v) is 9.76. The highest BCUT2D eigenvalue weighted by Crippen LogP contribution is 2.41. The Morgan fingerprint density at radius 2 is 1.80 bits per heavy atom. The van der Waals surface area contributed by atoms with Gasteiger partial charge in [0.25, 0.3) is 0 Å². The first-order chi connectivity index (χ1) is 6.33. The van der Waals surface area contributed by atoms with Crippen molar-refractivity contribution in [2.45, 2.75) is 32.5 Å². The van der Waals surface area contributed by atoms with E-state index in [1.807, 2.05) is 0 Å². The van der Waals surface area contributed by atoms with Crippen LogP contribution in [0.3, 0.4) is 0 Å². The van der Waals surface area contributed by atoms with Crippen LogP contribution >= 0.6 is 12.4 Å². The fraction of sp³-hybridized carbons (Fsp3) is 1.00. The highest BCUT2D eigenvalue weighted by atomic mass is 35.5. The molecular weight excluding hydrogens is 229 g/mol. The summed E-state index contributed by atoms with van der Waals surface area (Å²) in [6.45, 7) is 4.72. The zero-order valence-electron chi connectivity index (χ0n) is 8.95. The van der Waals surface area contributed by atoms with E-state index in [1.165, 1.54) is 13.8 Å². The van der Waals surface area contributed by atoms with E-state index in [9.17, 15) is 13.2 Å². The van der Waals surface area contributed by atoms with Crippen molar-refractivity contribution in [2.24, 2.45) is 5.41 Å². The van der Waals surface area contributed by atoms with Gasteiger partial charge in [-0.15, -0.1) is 12.4 Å². The van der Waals surface area contributed by atoms with Crippen LogP contribution in [0.5, 0.6) is 0 Å². The third kappa shape index (κ3) is 4.17. The molecule has 0 spiro atoms. The van der Waals surface area contributed by atoms with Gasteiger partial charge in [0.1, 0.15) is 0 Å². The summed E-state index contributed by atoms with van der Waals surface area (Å²) in [4.78, 5) is 0. The Morgan fingerprint density at radius 3 is 2.20 bits per heavy atom. The van der Waals surface area contributed by atoms with Gasteiger partial charge < -0.3 is 10.6 Å². The van der Waals surface area contributed by atoms with Gasteiger partial charge >= 0.3 is 6.18 Å². The second-order valence-electron chi connectivity index (χ2n) is 4.44. The van der Waals surface area contributed by atoms with Crippen LogP contribution in [0.2, 0.25) is 0 Å². The lowest BCUT2D eigenvalue weighted by atomic mass is 9.84. The summed E-state index contributed by atoms with van der Waals surface area (Å²) in [5.74, 6) is 0. The van der Waals surface area contributed by atoms with Gasteiger partial charge in [-0.3, -0.25) is 0 Å². The van der Waals surface area contributed by atoms with E-state index < -0.39 is 11.6 Å². The predicted molar refractivity (Wildman–Crippen MR) is 56.4 cm³/mol. The smallest absolute Gasteiger partial charge is 0.314 e. The van der Waals surface area contributed by atoms with E-state index in [0.29, 0.717) is 6.54 Å². The lowest BCUT2D eigenvalue weighted by Crippen LogP contribution is -2.51. The average molecular weight is 247 g/mol. The van der Waals surface area contributed by atoms with Crippen molar-refractivity contribution >= 4 is 12.4 Å². The van der Waals surface area contributed by atoms with Gasteiger partial charge in [0.15, 0.2) is 0 Å². The van der Waals surface area contributed by atoms with Crippen molar-refractivity contribution in [3.05, 3.63) is 0 Å². The molecule has 0 bridgehead atoms.